The first kappa shape index (κ1) is 39.2. The fraction of sp³-hybridized carbons (Fsp3) is 0.707. The fourth-order valence-electron chi connectivity index (χ4n) is 9.64. The number of hydroxylamine groups is 2. The molecule has 0 unspecified atom stereocenters. The third-order valence-corrected chi connectivity index (χ3v) is 12.3. The molecule has 1 aromatic rings. The summed E-state index contributed by atoms with van der Waals surface area (Å²) >= 11 is 0. The lowest BCUT2D eigenvalue weighted by Gasteiger charge is -2.50. The molecule has 4 heterocycles. The molecule has 56 heavy (non-hydrogen) atoms. The number of esters is 2. The van der Waals surface area contributed by atoms with E-state index in [1.807, 2.05) is 24.3 Å². The number of fused-ring (bicyclic) bond motifs is 4. The first-order chi connectivity index (χ1) is 26.9. The molecule has 8 atom stereocenters. The Hall–Kier alpha value is -3.60. The van der Waals surface area contributed by atoms with Crippen LogP contribution in [-0.4, -0.2) is 124 Å². The maximum absolute atomic E-state index is 15.4. The van der Waals surface area contributed by atoms with Crippen molar-refractivity contribution < 1.29 is 57.9 Å². The van der Waals surface area contributed by atoms with Crippen LogP contribution < -0.4 is 5.32 Å². The summed E-state index contributed by atoms with van der Waals surface area (Å²) in [5.41, 5.74) is -0.506. The van der Waals surface area contributed by atoms with Crippen molar-refractivity contribution in [3.05, 3.63) is 41.7 Å². The molecule has 0 aromatic heterocycles. The highest BCUT2D eigenvalue weighted by Crippen LogP contribution is 2.64. The van der Waals surface area contributed by atoms with Crippen LogP contribution in [0.5, 0.6) is 0 Å². The molecule has 7 aliphatic rings. The zero-order chi connectivity index (χ0) is 39.4. The van der Waals surface area contributed by atoms with Gasteiger partial charge in [-0.15, -0.1) is 0 Å². The van der Waals surface area contributed by atoms with Crippen molar-refractivity contribution >= 4 is 29.8 Å². The molecule has 3 saturated carbocycles. The molecule has 15 heteroatoms. The number of aliphatic hydroxyl groups excluding tert-OH is 2. The number of hydrogen-bond acceptors (Lipinski definition) is 13. The van der Waals surface area contributed by atoms with Gasteiger partial charge in [0, 0.05) is 31.2 Å². The Bertz CT molecular complexity index is 1690. The quantitative estimate of drug-likeness (QED) is 0.134. The van der Waals surface area contributed by atoms with Gasteiger partial charge in [0.1, 0.15) is 48.1 Å². The third kappa shape index (κ3) is 7.23. The molecule has 7 fully saturated rings. The number of nitrogens with one attached hydrogen (secondary N) is 1. The summed E-state index contributed by atoms with van der Waals surface area (Å²) in [6.45, 7) is 5.37. The van der Waals surface area contributed by atoms with E-state index in [-0.39, 0.29) is 56.8 Å². The van der Waals surface area contributed by atoms with Crippen molar-refractivity contribution in [2.75, 3.05) is 26.4 Å². The molecule has 0 spiro atoms. The van der Waals surface area contributed by atoms with Crippen molar-refractivity contribution in [3.8, 4) is 0 Å². The number of carbonyl (C=O) groups excluding carboxylic acids is 4. The lowest BCUT2D eigenvalue weighted by Crippen LogP contribution is -2.70. The van der Waals surface area contributed by atoms with Gasteiger partial charge in [0.15, 0.2) is 11.8 Å². The molecule has 2 amide bonds. The summed E-state index contributed by atoms with van der Waals surface area (Å²) in [4.78, 5) is 64.6. The van der Waals surface area contributed by atoms with Crippen LogP contribution in [0.1, 0.15) is 89.7 Å². The maximum Gasteiger partial charge on any atom is 0.327 e. The number of nitrogens with zero attached hydrogens (tertiary/aromatic N) is 2. The van der Waals surface area contributed by atoms with Crippen LogP contribution in [0.25, 0.3) is 6.08 Å². The monoisotopic (exact) mass is 781 g/mol. The van der Waals surface area contributed by atoms with Crippen LogP contribution in [0, 0.1) is 17.3 Å². The summed E-state index contributed by atoms with van der Waals surface area (Å²) in [7, 11) is 0. The van der Waals surface area contributed by atoms with Crippen molar-refractivity contribution in [2.24, 2.45) is 17.3 Å². The predicted molar refractivity (Wildman–Crippen MR) is 196 cm³/mol. The zero-order valence-electron chi connectivity index (χ0n) is 32.4. The fourth-order valence-corrected chi connectivity index (χ4v) is 9.64. The Labute approximate surface area is 326 Å². The smallest absolute Gasteiger partial charge is 0.327 e. The number of ether oxygens (including phenoxy) is 5. The van der Waals surface area contributed by atoms with Crippen molar-refractivity contribution in [3.63, 3.8) is 0 Å². The first-order valence-electron chi connectivity index (χ1n) is 20.3. The standard InChI is InChI=1S/C41H55N3O12/c1-39(2,3)53-31(47)15-14-28(23-46)42-36(48)29-9-6-17-43(29)38(50)40-21-30-32-33(55-41(54-32,26-10-11-26)27-12-13-27)35(40)56-44(34(40)37(49)52-30)22-25-8-5-4-7-24(25)16-19-51-20-18-45/h4-5,7-8,16,19,26-30,32-35,45-46H,6,9-15,17-18,20-23H2,1-3H3,(H,42,48)/t28-,29+,30+,32-,33-,34-,35+,40-/m0/s1. The van der Waals surface area contributed by atoms with Gasteiger partial charge in [0.2, 0.25) is 11.8 Å². The Morgan fingerprint density at radius 3 is 2.48 bits per heavy atom. The van der Waals surface area contributed by atoms with E-state index in [1.54, 1.807) is 36.8 Å². The van der Waals surface area contributed by atoms with E-state index in [0.29, 0.717) is 19.4 Å². The Morgan fingerprint density at radius 2 is 1.79 bits per heavy atom. The minimum atomic E-state index is -1.45. The molecule has 8 rings (SSSR count). The maximum atomic E-state index is 15.4. The van der Waals surface area contributed by atoms with Gasteiger partial charge in [0.05, 0.1) is 32.1 Å². The second-order valence-electron chi connectivity index (χ2n) is 17.4. The van der Waals surface area contributed by atoms with E-state index in [9.17, 15) is 19.5 Å². The minimum absolute atomic E-state index is 0.00166. The molecule has 0 radical (unpaired) electrons. The van der Waals surface area contributed by atoms with E-state index in [2.05, 4.69) is 5.32 Å². The van der Waals surface area contributed by atoms with E-state index < -0.39 is 83.8 Å². The molecule has 4 saturated heterocycles. The summed E-state index contributed by atoms with van der Waals surface area (Å²) in [5, 5.41) is 23.7. The Kier molecular flexibility index (Phi) is 10.7. The number of rotatable bonds is 15. The van der Waals surface area contributed by atoms with Crippen LogP contribution in [0.15, 0.2) is 30.5 Å². The summed E-state index contributed by atoms with van der Waals surface area (Å²) in [5.74, 6) is -2.18. The van der Waals surface area contributed by atoms with Crippen molar-refractivity contribution in [2.45, 2.75) is 139 Å². The Morgan fingerprint density at radius 1 is 1.05 bits per heavy atom. The van der Waals surface area contributed by atoms with Gasteiger partial charge in [-0.05, 0) is 82.9 Å². The van der Waals surface area contributed by atoms with E-state index >= 15 is 4.79 Å². The van der Waals surface area contributed by atoms with Gasteiger partial charge in [-0.2, -0.15) is 5.06 Å². The van der Waals surface area contributed by atoms with Gasteiger partial charge in [-0.3, -0.25) is 24.0 Å². The number of benzene rings is 1. The number of aliphatic hydroxyl groups is 2. The van der Waals surface area contributed by atoms with Crippen LogP contribution in [0.3, 0.4) is 0 Å². The highest BCUT2D eigenvalue weighted by molar-refractivity contribution is 5.96. The average molecular weight is 782 g/mol. The second-order valence-corrected chi connectivity index (χ2v) is 17.4. The average Bonchev–Trinajstić information content (AvgIpc) is 4.08. The SMILES string of the molecule is CC(C)(C)OC(=O)CC[C@@H](CO)NC(=O)[C@H]1CCCN1C(=O)[C@@]12C[C@H]3OC(=O)[C@@H]1N(Cc1ccccc1C=COCCO)O[C@@H]2[C@H]1OC(C2CC2)(C2CC2)O[C@H]13. The molecule has 15 nitrogen and oxygen atoms in total. The van der Waals surface area contributed by atoms with Gasteiger partial charge < -0.3 is 44.1 Å². The van der Waals surface area contributed by atoms with Crippen molar-refractivity contribution in [1.82, 2.24) is 15.3 Å². The van der Waals surface area contributed by atoms with E-state index in [4.69, 9.17) is 33.6 Å². The lowest BCUT2D eigenvalue weighted by molar-refractivity contribution is -0.235. The summed E-state index contributed by atoms with van der Waals surface area (Å²) in [6.07, 6.45) is 5.52. The van der Waals surface area contributed by atoms with Gasteiger partial charge >= 0.3 is 11.9 Å². The van der Waals surface area contributed by atoms with E-state index in [1.165, 1.54) is 6.26 Å². The number of likely N-dealkylation sites (tertiary alicyclic amines) is 1. The molecule has 4 aliphatic heterocycles. The molecular formula is C41H55N3O12. The highest BCUT2D eigenvalue weighted by Gasteiger charge is 2.78. The summed E-state index contributed by atoms with van der Waals surface area (Å²) in [6, 6.07) is 4.84. The topological polar surface area (TPSA) is 183 Å². The molecule has 2 bridgehead atoms. The van der Waals surface area contributed by atoms with Crippen molar-refractivity contribution in [1.29, 1.82) is 0 Å². The van der Waals surface area contributed by atoms with Crippen LogP contribution in [0.2, 0.25) is 0 Å². The summed E-state index contributed by atoms with van der Waals surface area (Å²) < 4.78 is 30.9. The predicted octanol–water partition coefficient (Wildman–Crippen LogP) is 2.36. The lowest BCUT2D eigenvalue weighted by atomic mass is 9.62. The number of hydrogen-bond donors (Lipinski definition) is 3. The van der Waals surface area contributed by atoms with Crippen LogP contribution in [0.4, 0.5) is 0 Å². The molecular weight excluding hydrogens is 726 g/mol. The number of amides is 2. The second kappa shape index (κ2) is 15.3. The zero-order valence-corrected chi connectivity index (χ0v) is 32.4. The largest absolute Gasteiger partial charge is 0.499 e. The highest BCUT2D eigenvalue weighted by atomic mass is 16.8. The molecule has 3 aliphatic carbocycles. The molecule has 3 N–H and O–H groups in total. The van der Waals surface area contributed by atoms with E-state index in [0.717, 1.165) is 36.8 Å². The normalized spacial score (nSPS) is 32.6. The minimum Gasteiger partial charge on any atom is -0.499 e. The number of carbonyl (C=O) groups is 4. The molecule has 1 aromatic carbocycles. The van der Waals surface area contributed by atoms with Crippen LogP contribution in [-0.2, 0) is 54.2 Å². The van der Waals surface area contributed by atoms with Gasteiger partial charge in [0.25, 0.3) is 0 Å². The molecule has 306 valence electrons. The first-order valence-corrected chi connectivity index (χ1v) is 20.3. The van der Waals surface area contributed by atoms with Crippen LogP contribution >= 0.6 is 0 Å². The van der Waals surface area contributed by atoms with Gasteiger partial charge in [-0.25, -0.2) is 0 Å². The Balaban J connectivity index is 1.09. The third-order valence-electron chi connectivity index (χ3n) is 12.3. The van der Waals surface area contributed by atoms with Gasteiger partial charge in [-0.1, -0.05) is 24.3 Å².